The molecule has 1 atom stereocenters. The summed E-state index contributed by atoms with van der Waals surface area (Å²) in [6.07, 6.45) is 2.64. The molecule has 3 heterocycles. The lowest BCUT2D eigenvalue weighted by atomic mass is 9.85. The Morgan fingerprint density at radius 3 is 2.47 bits per heavy atom. The number of rotatable bonds is 4. The molecule has 1 aliphatic rings. The summed E-state index contributed by atoms with van der Waals surface area (Å²) < 4.78 is 7.33. The first kappa shape index (κ1) is 20.2. The number of furan rings is 1. The van der Waals surface area contributed by atoms with Crippen LogP contribution in [0.15, 0.2) is 47.1 Å². The van der Waals surface area contributed by atoms with E-state index < -0.39 is 0 Å². The Bertz CT molecular complexity index is 1300. The minimum atomic E-state index is -0.0409. The van der Waals surface area contributed by atoms with Gasteiger partial charge in [-0.3, -0.25) is 4.79 Å². The van der Waals surface area contributed by atoms with E-state index in [2.05, 4.69) is 41.3 Å². The summed E-state index contributed by atoms with van der Waals surface area (Å²) in [5.74, 6) is 1.81. The van der Waals surface area contributed by atoms with Gasteiger partial charge in [-0.05, 0) is 69.2 Å². The molecule has 4 aromatic rings. The van der Waals surface area contributed by atoms with Gasteiger partial charge in [0.25, 0.3) is 5.95 Å². The molecule has 1 unspecified atom stereocenters. The fourth-order valence-corrected chi connectivity index (χ4v) is 4.30. The number of hydrogen-bond donors (Lipinski definition) is 1. The van der Waals surface area contributed by atoms with Crippen LogP contribution in [0.1, 0.15) is 56.7 Å². The van der Waals surface area contributed by atoms with Crippen LogP contribution in [-0.2, 0) is 6.42 Å². The zero-order valence-electron chi connectivity index (χ0n) is 18.6. The molecule has 7 heteroatoms. The van der Waals surface area contributed by atoms with Gasteiger partial charge in [-0.2, -0.15) is 0 Å². The Balaban J connectivity index is 1.64. The van der Waals surface area contributed by atoms with Crippen LogP contribution in [0.3, 0.4) is 0 Å². The lowest BCUT2D eigenvalue weighted by molar-refractivity contribution is 0.0960. The van der Waals surface area contributed by atoms with Gasteiger partial charge in [-0.25, -0.2) is 14.6 Å². The van der Waals surface area contributed by atoms with Crippen LogP contribution in [0.5, 0.6) is 0 Å². The van der Waals surface area contributed by atoms with Crippen LogP contribution in [0, 0.1) is 27.7 Å². The minimum absolute atomic E-state index is 0.0367. The molecule has 0 fully saturated rings. The first-order valence-corrected chi connectivity index (χ1v) is 10.7. The number of hydrogen-bond acceptors (Lipinski definition) is 6. The van der Waals surface area contributed by atoms with Gasteiger partial charge in [0.05, 0.1) is 17.5 Å². The second-order valence-corrected chi connectivity index (χ2v) is 8.50. The first-order valence-electron chi connectivity index (χ1n) is 10.7. The normalized spacial score (nSPS) is 15.6. The minimum Gasteiger partial charge on any atom is -0.469 e. The van der Waals surface area contributed by atoms with Gasteiger partial charge in [-0.15, -0.1) is 5.10 Å². The Morgan fingerprint density at radius 1 is 1.00 bits per heavy atom. The summed E-state index contributed by atoms with van der Waals surface area (Å²) in [6.45, 7) is 8.00. The molecule has 0 amide bonds. The molecule has 1 aromatic carbocycles. The van der Waals surface area contributed by atoms with Gasteiger partial charge in [0, 0.05) is 35.8 Å². The van der Waals surface area contributed by atoms with Crippen molar-refractivity contribution < 1.29 is 9.21 Å². The van der Waals surface area contributed by atoms with Gasteiger partial charge in [0.1, 0.15) is 5.76 Å². The van der Waals surface area contributed by atoms with E-state index in [0.717, 1.165) is 28.5 Å². The van der Waals surface area contributed by atoms with E-state index in [1.165, 1.54) is 11.1 Å². The largest absolute Gasteiger partial charge is 0.469 e. The van der Waals surface area contributed by atoms with Crippen molar-refractivity contribution in [3.8, 4) is 5.95 Å². The monoisotopic (exact) mass is 427 g/mol. The van der Waals surface area contributed by atoms with Crippen molar-refractivity contribution >= 4 is 17.3 Å². The Kier molecular flexibility index (Phi) is 4.89. The molecule has 0 radical (unpaired) electrons. The smallest absolute Gasteiger partial charge is 0.251 e. The van der Waals surface area contributed by atoms with Crippen LogP contribution in [0.4, 0.5) is 11.5 Å². The summed E-state index contributed by atoms with van der Waals surface area (Å²) in [5.41, 5.74) is 6.39. The average molecular weight is 428 g/mol. The molecule has 0 saturated carbocycles. The molecule has 5 rings (SSSR count). The summed E-state index contributed by atoms with van der Waals surface area (Å²) in [7, 11) is 0. The van der Waals surface area contributed by atoms with Gasteiger partial charge >= 0.3 is 0 Å². The van der Waals surface area contributed by atoms with E-state index in [4.69, 9.17) is 9.52 Å². The maximum absolute atomic E-state index is 13.3. The number of anilines is 2. The predicted molar refractivity (Wildman–Crippen MR) is 122 cm³/mol. The van der Waals surface area contributed by atoms with E-state index in [1.807, 2.05) is 38.1 Å². The number of fused-ring (bicyclic) bond motifs is 1. The third kappa shape index (κ3) is 3.60. The average Bonchev–Trinajstić information content (AvgIpc) is 3.39. The summed E-state index contributed by atoms with van der Waals surface area (Å²) in [6, 6.07) is 11.8. The number of nitrogens with zero attached hydrogens (tertiary/aromatic N) is 4. The predicted octanol–water partition coefficient (Wildman–Crippen LogP) is 5.15. The fourth-order valence-electron chi connectivity index (χ4n) is 4.30. The second-order valence-electron chi connectivity index (χ2n) is 8.50. The third-order valence-electron chi connectivity index (χ3n) is 6.01. The molecule has 32 heavy (non-hydrogen) atoms. The third-order valence-corrected chi connectivity index (χ3v) is 6.01. The Labute approximate surface area is 186 Å². The maximum Gasteiger partial charge on any atom is 0.251 e. The highest BCUT2D eigenvalue weighted by Crippen LogP contribution is 2.37. The second kappa shape index (κ2) is 7.75. The van der Waals surface area contributed by atoms with Crippen molar-refractivity contribution in [3.05, 3.63) is 82.2 Å². The molecule has 1 aliphatic carbocycles. The fraction of sp³-hybridized carbons (Fsp3) is 0.280. The van der Waals surface area contributed by atoms with E-state index in [0.29, 0.717) is 30.2 Å². The lowest BCUT2D eigenvalue weighted by Crippen LogP contribution is -2.21. The highest BCUT2D eigenvalue weighted by Gasteiger charge is 2.35. The van der Waals surface area contributed by atoms with Crippen molar-refractivity contribution in [1.29, 1.82) is 0 Å². The van der Waals surface area contributed by atoms with Crippen LogP contribution < -0.4 is 5.32 Å². The molecule has 1 N–H and O–H groups in total. The lowest BCUT2D eigenvalue weighted by Gasteiger charge is -2.21. The van der Waals surface area contributed by atoms with E-state index in [-0.39, 0.29) is 11.7 Å². The zero-order chi connectivity index (χ0) is 22.4. The molecule has 0 bridgehead atoms. The number of Topliss-reactive ketones (excluding diaryl/α,β-unsaturated/α-hetero) is 1. The Morgan fingerprint density at radius 2 is 1.78 bits per heavy atom. The molecule has 0 aliphatic heterocycles. The zero-order valence-corrected chi connectivity index (χ0v) is 18.6. The van der Waals surface area contributed by atoms with Crippen LogP contribution in [-0.4, -0.2) is 25.5 Å². The van der Waals surface area contributed by atoms with Crippen molar-refractivity contribution in [2.24, 2.45) is 0 Å². The number of benzene rings is 1. The highest BCUT2D eigenvalue weighted by molar-refractivity contribution is 6.03. The van der Waals surface area contributed by atoms with Gasteiger partial charge in [0.2, 0.25) is 0 Å². The first-order chi connectivity index (χ1) is 15.4. The van der Waals surface area contributed by atoms with Crippen molar-refractivity contribution in [2.45, 2.75) is 46.5 Å². The molecule has 162 valence electrons. The topological polar surface area (TPSA) is 85.8 Å². The van der Waals surface area contributed by atoms with Gasteiger partial charge in [-0.1, -0.05) is 6.07 Å². The number of ketones is 1. The van der Waals surface area contributed by atoms with Crippen molar-refractivity contribution in [2.75, 3.05) is 5.32 Å². The van der Waals surface area contributed by atoms with Gasteiger partial charge < -0.3 is 9.73 Å². The van der Waals surface area contributed by atoms with E-state index in [9.17, 15) is 4.79 Å². The summed E-state index contributed by atoms with van der Waals surface area (Å²) in [5, 5.41) is 8.15. The van der Waals surface area contributed by atoms with Crippen LogP contribution in [0.25, 0.3) is 5.95 Å². The number of carbonyl (C=O) groups is 1. The van der Waals surface area contributed by atoms with E-state index >= 15 is 0 Å². The van der Waals surface area contributed by atoms with Crippen molar-refractivity contribution in [1.82, 2.24) is 19.7 Å². The SMILES string of the molecule is Cc1cc(C)nc(-n2nc(Nc3ccc(C)c(C)c3)c3c2CC(c2ccco2)CC3=O)n1. The molecule has 7 nitrogen and oxygen atoms in total. The van der Waals surface area contributed by atoms with Crippen molar-refractivity contribution in [3.63, 3.8) is 0 Å². The van der Waals surface area contributed by atoms with Gasteiger partial charge in [0.15, 0.2) is 11.6 Å². The molecule has 0 saturated heterocycles. The van der Waals surface area contributed by atoms with E-state index in [1.54, 1.807) is 10.9 Å². The number of carbonyl (C=O) groups excluding carboxylic acids is 1. The quantitative estimate of drug-likeness (QED) is 0.485. The van der Waals surface area contributed by atoms with Crippen LogP contribution in [0.2, 0.25) is 0 Å². The standard InChI is InChI=1S/C25H25N5O2/c1-14-7-8-19(10-15(14)2)28-24-23-20(12-18(13-21(23)31)22-6-5-9-32-22)30(29-24)25-26-16(3)11-17(4)27-25/h5-11,18H,12-13H2,1-4H3,(H,28,29). The summed E-state index contributed by atoms with van der Waals surface area (Å²) in [4.78, 5) is 22.5. The summed E-state index contributed by atoms with van der Waals surface area (Å²) >= 11 is 0. The molecule has 3 aromatic heterocycles. The molecular weight excluding hydrogens is 402 g/mol. The number of nitrogens with one attached hydrogen (secondary N) is 1. The maximum atomic E-state index is 13.3. The Hall–Kier alpha value is -3.74. The highest BCUT2D eigenvalue weighted by atomic mass is 16.3. The number of aryl methyl sites for hydroxylation is 4. The van der Waals surface area contributed by atoms with Crippen LogP contribution >= 0.6 is 0 Å². The molecular formula is C25H25N5O2. The number of aromatic nitrogens is 4. The molecule has 0 spiro atoms.